The molecule has 0 radical (unpaired) electrons. The molecular formula is C22H21ClFN5O5S. The number of anilines is 2. The average molecular weight is 522 g/mol. The first-order valence-electron chi connectivity index (χ1n) is 10.8. The molecule has 35 heavy (non-hydrogen) atoms. The summed E-state index contributed by atoms with van der Waals surface area (Å²) in [5, 5.41) is 4.39. The Kier molecular flexibility index (Phi) is 6.21. The molecule has 10 nitrogen and oxygen atoms in total. The molecule has 0 aliphatic carbocycles. The largest absolute Gasteiger partial charge is 0.378 e. The molecule has 1 aromatic heterocycles. The molecule has 0 bridgehead atoms. The Bertz CT molecular complexity index is 1380. The summed E-state index contributed by atoms with van der Waals surface area (Å²) in [7, 11) is -4.06. The van der Waals surface area contributed by atoms with Crippen LogP contribution in [0, 0.1) is 5.82 Å². The van der Waals surface area contributed by atoms with Gasteiger partial charge in [-0.15, -0.1) is 0 Å². The van der Waals surface area contributed by atoms with Crippen LogP contribution in [0.3, 0.4) is 0 Å². The van der Waals surface area contributed by atoms with Crippen LogP contribution in [0.5, 0.6) is 0 Å². The number of amides is 1. The molecule has 2 aromatic carbocycles. The summed E-state index contributed by atoms with van der Waals surface area (Å²) in [5.74, 6) is -2.19. The number of nitrogens with two attached hydrogens (primary N) is 1. The molecule has 2 N–H and O–H groups in total. The summed E-state index contributed by atoms with van der Waals surface area (Å²) in [6, 6.07) is 7.73. The fourth-order valence-electron chi connectivity index (χ4n) is 4.03. The van der Waals surface area contributed by atoms with Gasteiger partial charge in [-0.25, -0.2) is 12.8 Å². The van der Waals surface area contributed by atoms with Crippen LogP contribution in [0.15, 0.2) is 45.8 Å². The number of fused-ring (bicyclic) bond motifs is 1. The van der Waals surface area contributed by atoms with Crippen molar-refractivity contribution in [2.24, 2.45) is 5.73 Å². The normalized spacial score (nSPS) is 20.0. The topological polar surface area (TPSA) is 132 Å². The Morgan fingerprint density at radius 2 is 1.89 bits per heavy atom. The van der Waals surface area contributed by atoms with Gasteiger partial charge in [0, 0.05) is 18.1 Å². The second kappa shape index (κ2) is 9.19. The highest BCUT2D eigenvalue weighted by Crippen LogP contribution is 2.37. The zero-order chi connectivity index (χ0) is 24.7. The first kappa shape index (κ1) is 23.7. The third-order valence-corrected chi connectivity index (χ3v) is 7.90. The van der Waals surface area contributed by atoms with Crippen LogP contribution < -0.4 is 15.5 Å². The molecule has 0 spiro atoms. The van der Waals surface area contributed by atoms with E-state index in [0.29, 0.717) is 36.9 Å². The summed E-state index contributed by atoms with van der Waals surface area (Å²) in [5.41, 5.74) is 6.50. The molecule has 1 amide bonds. The van der Waals surface area contributed by atoms with E-state index in [1.165, 1.54) is 11.0 Å². The molecule has 13 heteroatoms. The number of rotatable bonds is 4. The standard InChI is InChI=1S/C22H21ClFN5O5S/c23-14-3-1-13(2-4-14)11-29-18-9-15(20-26-22(34-27-20)28-5-7-33-8-6-28)16(24)10-19(18)35(31,32)12-17(25)21(29)30/h1-4,9-10,17H,5-8,11-12,25H2/t17-/m0/s1. The van der Waals surface area contributed by atoms with E-state index in [0.717, 1.165) is 6.07 Å². The Morgan fingerprint density at radius 3 is 2.60 bits per heavy atom. The highest BCUT2D eigenvalue weighted by molar-refractivity contribution is 7.91. The number of hydrogen-bond acceptors (Lipinski definition) is 9. The molecular weight excluding hydrogens is 501 g/mol. The number of carbonyl (C=O) groups excluding carboxylic acids is 1. The summed E-state index contributed by atoms with van der Waals surface area (Å²) in [6.07, 6.45) is 0. The van der Waals surface area contributed by atoms with Gasteiger partial charge in [-0.05, 0) is 29.8 Å². The van der Waals surface area contributed by atoms with Crippen molar-refractivity contribution in [3.05, 3.63) is 52.8 Å². The maximum absolute atomic E-state index is 15.2. The van der Waals surface area contributed by atoms with Crippen molar-refractivity contribution >= 4 is 39.0 Å². The second-order valence-corrected chi connectivity index (χ2v) is 10.7. The number of ether oxygens (including phenoxy) is 1. The fourth-order valence-corrected chi connectivity index (χ4v) is 5.73. The van der Waals surface area contributed by atoms with E-state index in [1.54, 1.807) is 29.2 Å². The number of benzene rings is 2. The Hall–Kier alpha value is -3.06. The van der Waals surface area contributed by atoms with E-state index in [2.05, 4.69) is 10.1 Å². The SMILES string of the molecule is N[C@H]1CS(=O)(=O)c2cc(F)c(-c3noc(N4CCOCC4)n3)cc2N(Cc2ccc(Cl)cc2)C1=O. The average Bonchev–Trinajstić information content (AvgIpc) is 3.31. The Morgan fingerprint density at radius 1 is 1.17 bits per heavy atom. The third-order valence-electron chi connectivity index (χ3n) is 5.85. The van der Waals surface area contributed by atoms with Gasteiger partial charge in [0.2, 0.25) is 11.7 Å². The molecule has 0 unspecified atom stereocenters. The number of carbonyl (C=O) groups is 1. The van der Waals surface area contributed by atoms with Crippen LogP contribution in [-0.4, -0.2) is 62.6 Å². The lowest BCUT2D eigenvalue weighted by atomic mass is 10.1. The van der Waals surface area contributed by atoms with Crippen molar-refractivity contribution in [1.29, 1.82) is 0 Å². The van der Waals surface area contributed by atoms with Crippen LogP contribution in [0.2, 0.25) is 5.02 Å². The highest BCUT2D eigenvalue weighted by Gasteiger charge is 2.37. The van der Waals surface area contributed by atoms with Crippen molar-refractivity contribution in [1.82, 2.24) is 10.1 Å². The van der Waals surface area contributed by atoms with Crippen molar-refractivity contribution < 1.29 is 26.9 Å². The molecule has 2 aliphatic heterocycles. The molecule has 3 aromatic rings. The quantitative estimate of drug-likeness (QED) is 0.547. The van der Waals surface area contributed by atoms with Crippen LogP contribution in [0.4, 0.5) is 16.1 Å². The van der Waals surface area contributed by atoms with Crippen LogP contribution in [-0.2, 0) is 25.9 Å². The number of sulfone groups is 1. The summed E-state index contributed by atoms with van der Waals surface area (Å²) in [4.78, 5) is 20.2. The van der Waals surface area contributed by atoms with Crippen LogP contribution in [0.25, 0.3) is 11.4 Å². The maximum atomic E-state index is 15.2. The summed E-state index contributed by atoms with van der Waals surface area (Å²) >= 11 is 5.96. The minimum Gasteiger partial charge on any atom is -0.378 e. The van der Waals surface area contributed by atoms with Gasteiger partial charge in [-0.1, -0.05) is 28.9 Å². The van der Waals surface area contributed by atoms with Gasteiger partial charge in [0.05, 0.1) is 47.7 Å². The number of morpholine rings is 1. The van der Waals surface area contributed by atoms with E-state index < -0.39 is 33.4 Å². The molecule has 1 saturated heterocycles. The van der Waals surface area contributed by atoms with Gasteiger partial charge in [0.1, 0.15) is 5.82 Å². The van der Waals surface area contributed by atoms with Gasteiger partial charge < -0.3 is 24.8 Å². The lowest BCUT2D eigenvalue weighted by Crippen LogP contribution is -2.45. The minimum atomic E-state index is -4.06. The van der Waals surface area contributed by atoms with Crippen molar-refractivity contribution in [3.8, 4) is 11.4 Å². The highest BCUT2D eigenvalue weighted by atomic mass is 35.5. The summed E-state index contributed by atoms with van der Waals surface area (Å²) in [6.45, 7) is 2.06. The molecule has 5 rings (SSSR count). The zero-order valence-corrected chi connectivity index (χ0v) is 19.9. The fraction of sp³-hybridized carbons (Fsp3) is 0.318. The zero-order valence-electron chi connectivity index (χ0n) is 18.4. The maximum Gasteiger partial charge on any atom is 0.324 e. The number of aromatic nitrogens is 2. The molecule has 1 atom stereocenters. The van der Waals surface area contributed by atoms with E-state index >= 15 is 4.39 Å². The van der Waals surface area contributed by atoms with Gasteiger partial charge in [0.25, 0.3) is 0 Å². The first-order valence-corrected chi connectivity index (χ1v) is 12.8. The van der Waals surface area contributed by atoms with Crippen LogP contribution in [0.1, 0.15) is 5.56 Å². The van der Waals surface area contributed by atoms with Gasteiger partial charge >= 0.3 is 6.01 Å². The molecule has 0 saturated carbocycles. The number of halogens is 2. The lowest BCUT2D eigenvalue weighted by Gasteiger charge is -2.25. The number of nitrogens with zero attached hydrogens (tertiary/aromatic N) is 4. The van der Waals surface area contributed by atoms with Crippen LogP contribution >= 0.6 is 11.6 Å². The van der Waals surface area contributed by atoms with Crippen molar-refractivity contribution in [3.63, 3.8) is 0 Å². The monoisotopic (exact) mass is 521 g/mol. The van der Waals surface area contributed by atoms with E-state index in [9.17, 15) is 13.2 Å². The molecule has 2 aliphatic rings. The van der Waals surface area contributed by atoms with E-state index in [1.807, 2.05) is 0 Å². The Labute approximate surface area is 205 Å². The van der Waals surface area contributed by atoms with Gasteiger partial charge in [-0.2, -0.15) is 4.98 Å². The first-order chi connectivity index (χ1) is 16.7. The molecule has 184 valence electrons. The molecule has 1 fully saturated rings. The van der Waals surface area contributed by atoms with E-state index in [-0.39, 0.29) is 34.5 Å². The third kappa shape index (κ3) is 4.61. The number of hydrogen-bond donors (Lipinski definition) is 1. The predicted octanol–water partition coefficient (Wildman–Crippen LogP) is 2.01. The van der Waals surface area contributed by atoms with Gasteiger partial charge in [0.15, 0.2) is 9.84 Å². The smallest absolute Gasteiger partial charge is 0.324 e. The molecule has 3 heterocycles. The summed E-state index contributed by atoms with van der Waals surface area (Å²) < 4.78 is 51.8. The predicted molar refractivity (Wildman–Crippen MR) is 125 cm³/mol. The second-order valence-electron chi connectivity index (χ2n) is 8.24. The van der Waals surface area contributed by atoms with E-state index in [4.69, 9.17) is 26.6 Å². The van der Waals surface area contributed by atoms with Gasteiger partial charge in [-0.3, -0.25) is 4.79 Å². The van der Waals surface area contributed by atoms with Crippen molar-refractivity contribution in [2.45, 2.75) is 17.5 Å². The van der Waals surface area contributed by atoms with Crippen molar-refractivity contribution in [2.75, 3.05) is 41.9 Å². The Balaban J connectivity index is 1.60. The minimum absolute atomic E-state index is 0.00255. The lowest BCUT2D eigenvalue weighted by molar-refractivity contribution is -0.119.